The van der Waals surface area contributed by atoms with Crippen LogP contribution < -0.4 is 0 Å². The molecule has 0 fully saturated rings. The summed E-state index contributed by atoms with van der Waals surface area (Å²) in [5.41, 5.74) is 0. The maximum absolute atomic E-state index is 3.70. The molecule has 8 aromatic rings. The number of halogens is 1. The van der Waals surface area contributed by atoms with E-state index >= 15 is 0 Å². The van der Waals surface area contributed by atoms with E-state index in [1.165, 1.54) is 64.6 Å². The molecule has 0 aromatic heterocycles. The Hall–Kier alpha value is -4.20. The van der Waals surface area contributed by atoms with Crippen molar-refractivity contribution in [2.24, 2.45) is 0 Å². The van der Waals surface area contributed by atoms with Gasteiger partial charge in [-0.25, -0.2) is 0 Å². The molecule has 0 saturated heterocycles. The smallest absolute Gasteiger partial charge is 0.0260 e. The van der Waals surface area contributed by atoms with Crippen LogP contribution in [0.2, 0.25) is 0 Å². The van der Waals surface area contributed by atoms with Crippen molar-refractivity contribution < 1.29 is 0 Å². The Kier molecular flexibility index (Phi) is 5.38. The van der Waals surface area contributed by atoms with Gasteiger partial charge in [-0.3, -0.25) is 0 Å². The van der Waals surface area contributed by atoms with Crippen LogP contribution in [0.25, 0.3) is 64.6 Å². The lowest BCUT2D eigenvalue weighted by Gasteiger charge is -2.09. The lowest BCUT2D eigenvalue weighted by atomic mass is 9.97. The SMILES string of the molecule is Brc1cc2c3ccccc3ccc2c2ccccc12.c1ccc2c(c1)ccc1c3ccccc3ccc21. The molecule has 0 radical (unpaired) electrons. The van der Waals surface area contributed by atoms with E-state index < -0.39 is 0 Å². The summed E-state index contributed by atoms with van der Waals surface area (Å²) in [4.78, 5) is 0. The fourth-order valence-electron chi connectivity index (χ4n) is 5.59. The molecule has 0 spiro atoms. The maximum Gasteiger partial charge on any atom is 0.0260 e. The molecule has 0 bridgehead atoms. The normalized spacial score (nSPS) is 11.4. The molecule has 8 rings (SSSR count). The third kappa shape index (κ3) is 3.75. The van der Waals surface area contributed by atoms with Gasteiger partial charge in [-0.1, -0.05) is 149 Å². The van der Waals surface area contributed by atoms with Crippen LogP contribution in [0.15, 0.2) is 144 Å². The molecule has 0 N–H and O–H groups in total. The van der Waals surface area contributed by atoms with Gasteiger partial charge in [-0.05, 0) is 70.7 Å². The van der Waals surface area contributed by atoms with Crippen LogP contribution in [0.1, 0.15) is 0 Å². The van der Waals surface area contributed by atoms with Gasteiger partial charge < -0.3 is 0 Å². The Bertz CT molecular complexity index is 2030. The monoisotopic (exact) mass is 534 g/mol. The fourth-order valence-corrected chi connectivity index (χ4v) is 6.16. The number of hydrogen-bond acceptors (Lipinski definition) is 0. The lowest BCUT2D eigenvalue weighted by Crippen LogP contribution is -1.81. The van der Waals surface area contributed by atoms with Gasteiger partial charge in [0, 0.05) is 4.47 Å². The highest BCUT2D eigenvalue weighted by Crippen LogP contribution is 2.35. The summed E-state index contributed by atoms with van der Waals surface area (Å²) in [6.45, 7) is 0. The largest absolute Gasteiger partial charge is 0.0616 e. The standard InChI is InChI=1S/C18H11Br.C18H12/c19-18-11-17-13-6-2-1-5-12(13)9-10-15(17)14-7-3-4-8-16(14)18;1-3-7-15-13(5-1)9-11-18-16-8-4-2-6-14(16)10-12-17(15)18/h1-11H;1-12H. The van der Waals surface area contributed by atoms with E-state index in [-0.39, 0.29) is 0 Å². The predicted octanol–water partition coefficient (Wildman–Crippen LogP) is 11.1. The zero-order chi connectivity index (χ0) is 24.8. The minimum atomic E-state index is 1.16. The van der Waals surface area contributed by atoms with E-state index in [0.29, 0.717) is 0 Å². The number of hydrogen-bond donors (Lipinski definition) is 0. The summed E-state index contributed by atoms with van der Waals surface area (Å²) in [6, 6.07) is 49.8. The second kappa shape index (κ2) is 9.03. The molecular formula is C36H23Br. The first kappa shape index (κ1) is 22.0. The predicted molar refractivity (Wildman–Crippen MR) is 166 cm³/mol. The molecule has 0 nitrogen and oxygen atoms in total. The zero-order valence-electron chi connectivity index (χ0n) is 20.2. The second-order valence-corrected chi connectivity index (χ2v) is 10.3. The Morgan fingerprint density at radius 2 is 0.595 bits per heavy atom. The summed E-state index contributed by atoms with van der Waals surface area (Å²) in [6.07, 6.45) is 0. The molecule has 0 unspecified atom stereocenters. The van der Waals surface area contributed by atoms with E-state index in [1.807, 2.05) is 0 Å². The molecule has 8 aromatic carbocycles. The van der Waals surface area contributed by atoms with Crippen molar-refractivity contribution >= 4 is 80.6 Å². The highest BCUT2D eigenvalue weighted by atomic mass is 79.9. The average Bonchev–Trinajstić information content (AvgIpc) is 2.97. The first-order valence-electron chi connectivity index (χ1n) is 12.6. The molecule has 0 aliphatic rings. The van der Waals surface area contributed by atoms with Crippen LogP contribution in [0.3, 0.4) is 0 Å². The molecule has 0 aliphatic heterocycles. The van der Waals surface area contributed by atoms with Crippen LogP contribution in [-0.4, -0.2) is 0 Å². The molecule has 37 heavy (non-hydrogen) atoms. The Labute approximate surface area is 223 Å². The maximum atomic E-state index is 3.70. The highest BCUT2D eigenvalue weighted by Gasteiger charge is 2.07. The quantitative estimate of drug-likeness (QED) is 0.169. The Morgan fingerprint density at radius 1 is 0.270 bits per heavy atom. The molecule has 174 valence electrons. The van der Waals surface area contributed by atoms with E-state index in [9.17, 15) is 0 Å². The molecule has 0 aliphatic carbocycles. The average molecular weight is 535 g/mol. The van der Waals surface area contributed by atoms with Crippen LogP contribution in [0.5, 0.6) is 0 Å². The minimum Gasteiger partial charge on any atom is -0.0616 e. The van der Waals surface area contributed by atoms with Crippen molar-refractivity contribution in [3.8, 4) is 0 Å². The van der Waals surface area contributed by atoms with Gasteiger partial charge in [0.15, 0.2) is 0 Å². The molecular weight excluding hydrogens is 512 g/mol. The van der Waals surface area contributed by atoms with Gasteiger partial charge in [0.05, 0.1) is 0 Å². The van der Waals surface area contributed by atoms with Gasteiger partial charge in [0.25, 0.3) is 0 Å². The molecule has 0 saturated carbocycles. The van der Waals surface area contributed by atoms with Crippen molar-refractivity contribution in [3.63, 3.8) is 0 Å². The number of rotatable bonds is 0. The van der Waals surface area contributed by atoms with E-state index in [1.54, 1.807) is 0 Å². The lowest BCUT2D eigenvalue weighted by molar-refractivity contribution is 1.75. The van der Waals surface area contributed by atoms with Crippen LogP contribution >= 0.6 is 15.9 Å². The number of fused-ring (bicyclic) bond motifs is 10. The summed E-state index contributed by atoms with van der Waals surface area (Å²) in [7, 11) is 0. The fraction of sp³-hybridized carbons (Fsp3) is 0. The van der Waals surface area contributed by atoms with Crippen molar-refractivity contribution in [3.05, 3.63) is 144 Å². The first-order valence-corrected chi connectivity index (χ1v) is 13.4. The van der Waals surface area contributed by atoms with Crippen molar-refractivity contribution in [2.45, 2.75) is 0 Å². The van der Waals surface area contributed by atoms with Gasteiger partial charge in [0.1, 0.15) is 0 Å². The Balaban J connectivity index is 0.000000125. The van der Waals surface area contributed by atoms with E-state index in [4.69, 9.17) is 0 Å². The Morgan fingerprint density at radius 3 is 1.08 bits per heavy atom. The van der Waals surface area contributed by atoms with E-state index in [2.05, 4.69) is 155 Å². The highest BCUT2D eigenvalue weighted by molar-refractivity contribution is 9.10. The van der Waals surface area contributed by atoms with Gasteiger partial charge in [0.2, 0.25) is 0 Å². The molecule has 0 heterocycles. The van der Waals surface area contributed by atoms with Crippen LogP contribution in [0, 0.1) is 0 Å². The second-order valence-electron chi connectivity index (χ2n) is 9.45. The van der Waals surface area contributed by atoms with Crippen LogP contribution in [-0.2, 0) is 0 Å². The van der Waals surface area contributed by atoms with E-state index in [0.717, 1.165) is 4.47 Å². The van der Waals surface area contributed by atoms with Crippen molar-refractivity contribution in [1.29, 1.82) is 0 Å². The van der Waals surface area contributed by atoms with Crippen molar-refractivity contribution in [1.82, 2.24) is 0 Å². The number of benzene rings is 8. The van der Waals surface area contributed by atoms with Gasteiger partial charge in [-0.15, -0.1) is 0 Å². The topological polar surface area (TPSA) is 0 Å². The molecule has 1 heteroatoms. The molecule has 0 amide bonds. The third-order valence-corrected chi connectivity index (χ3v) is 8.02. The summed E-state index contributed by atoms with van der Waals surface area (Å²) in [5, 5.41) is 15.8. The summed E-state index contributed by atoms with van der Waals surface area (Å²) < 4.78 is 1.16. The van der Waals surface area contributed by atoms with Crippen LogP contribution in [0.4, 0.5) is 0 Å². The van der Waals surface area contributed by atoms with Gasteiger partial charge >= 0.3 is 0 Å². The third-order valence-electron chi connectivity index (χ3n) is 7.37. The van der Waals surface area contributed by atoms with Crippen molar-refractivity contribution in [2.75, 3.05) is 0 Å². The molecule has 0 atom stereocenters. The zero-order valence-corrected chi connectivity index (χ0v) is 21.7. The summed E-state index contributed by atoms with van der Waals surface area (Å²) in [5.74, 6) is 0. The first-order chi connectivity index (χ1) is 18.3. The summed E-state index contributed by atoms with van der Waals surface area (Å²) >= 11 is 3.70. The minimum absolute atomic E-state index is 1.16. The van der Waals surface area contributed by atoms with Gasteiger partial charge in [-0.2, -0.15) is 0 Å².